The molecule has 0 bridgehead atoms. The molecule has 4 rings (SSSR count). The highest BCUT2D eigenvalue weighted by Crippen LogP contribution is 2.35. The number of nitrogens with zero attached hydrogens (tertiary/aromatic N) is 6. The van der Waals surface area contributed by atoms with E-state index in [1.807, 2.05) is 0 Å². The second kappa shape index (κ2) is 6.85. The number of carbonyl (C=O) groups excluding carboxylic acids is 1. The van der Waals surface area contributed by atoms with E-state index in [-0.39, 0.29) is 11.6 Å². The minimum absolute atomic E-state index is 0.142. The standard InChI is InChI=1S/C19H21F3N6O/c1-4-12-8-16(19(20,21)22)28-17(23-12)9-14(25-28)15-6-5-7-27(15)18(29)13-10-26(3)24-11(13)2/h8-10,15H,4-7H2,1-3H3/t15-/m0/s1. The molecule has 1 aliphatic heterocycles. The zero-order valence-electron chi connectivity index (χ0n) is 16.4. The Labute approximate surface area is 165 Å². The Bertz CT molecular complexity index is 1080. The number of likely N-dealkylation sites (tertiary alicyclic amines) is 1. The quantitative estimate of drug-likeness (QED) is 0.669. The largest absolute Gasteiger partial charge is 0.433 e. The van der Waals surface area contributed by atoms with Crippen molar-refractivity contribution in [1.29, 1.82) is 0 Å². The topological polar surface area (TPSA) is 68.3 Å². The minimum Gasteiger partial charge on any atom is -0.330 e. The molecule has 0 unspecified atom stereocenters. The van der Waals surface area contributed by atoms with E-state index in [1.165, 1.54) is 0 Å². The summed E-state index contributed by atoms with van der Waals surface area (Å²) in [6.07, 6.45) is -1.12. The molecule has 1 amide bonds. The van der Waals surface area contributed by atoms with Crippen LogP contribution in [0.15, 0.2) is 18.3 Å². The van der Waals surface area contributed by atoms with Crippen LogP contribution >= 0.6 is 0 Å². The van der Waals surface area contributed by atoms with E-state index in [0.717, 1.165) is 17.0 Å². The first-order chi connectivity index (χ1) is 13.7. The molecule has 1 saturated heterocycles. The van der Waals surface area contributed by atoms with Crippen molar-refractivity contribution in [2.75, 3.05) is 6.54 Å². The van der Waals surface area contributed by atoms with Crippen molar-refractivity contribution in [3.05, 3.63) is 46.7 Å². The second-order valence-electron chi connectivity index (χ2n) is 7.28. The Kier molecular flexibility index (Phi) is 4.59. The zero-order chi connectivity index (χ0) is 20.9. The molecule has 1 aliphatic rings. The second-order valence-corrected chi connectivity index (χ2v) is 7.28. The van der Waals surface area contributed by atoms with E-state index in [9.17, 15) is 18.0 Å². The summed E-state index contributed by atoms with van der Waals surface area (Å²) in [5.74, 6) is -0.187. The maximum atomic E-state index is 13.5. The first kappa shape index (κ1) is 19.4. The number of aromatic nitrogens is 5. The Balaban J connectivity index is 1.75. The van der Waals surface area contributed by atoms with Gasteiger partial charge in [0.05, 0.1) is 23.0 Å². The summed E-state index contributed by atoms with van der Waals surface area (Å²) in [6.45, 7) is 4.03. The third kappa shape index (κ3) is 3.36. The Morgan fingerprint density at radius 3 is 2.66 bits per heavy atom. The summed E-state index contributed by atoms with van der Waals surface area (Å²) in [5, 5.41) is 8.42. The fourth-order valence-electron chi connectivity index (χ4n) is 3.87. The van der Waals surface area contributed by atoms with Gasteiger partial charge in [0.1, 0.15) is 5.69 Å². The van der Waals surface area contributed by atoms with Crippen molar-refractivity contribution in [3.63, 3.8) is 0 Å². The fraction of sp³-hybridized carbons (Fsp3) is 0.474. The van der Waals surface area contributed by atoms with Crippen molar-refractivity contribution in [2.24, 2.45) is 7.05 Å². The van der Waals surface area contributed by atoms with Crippen LogP contribution in [0.4, 0.5) is 13.2 Å². The molecular formula is C19H21F3N6O. The summed E-state index contributed by atoms with van der Waals surface area (Å²) >= 11 is 0. The molecule has 0 radical (unpaired) electrons. The van der Waals surface area contributed by atoms with E-state index in [4.69, 9.17) is 0 Å². The number of hydrogen-bond donors (Lipinski definition) is 0. The van der Waals surface area contributed by atoms with Gasteiger partial charge in [-0.15, -0.1) is 0 Å². The van der Waals surface area contributed by atoms with Gasteiger partial charge in [-0.05, 0) is 32.3 Å². The SMILES string of the molecule is CCc1cc(C(F)(F)F)n2nc([C@@H]3CCCN3C(=O)c3cn(C)nc3C)cc2n1. The maximum absolute atomic E-state index is 13.5. The number of amides is 1. The Hall–Kier alpha value is -2.91. The van der Waals surface area contributed by atoms with Crippen LogP contribution < -0.4 is 0 Å². The summed E-state index contributed by atoms with van der Waals surface area (Å²) in [7, 11) is 1.74. The van der Waals surface area contributed by atoms with Crippen molar-refractivity contribution in [1.82, 2.24) is 29.3 Å². The van der Waals surface area contributed by atoms with Gasteiger partial charge in [-0.3, -0.25) is 9.48 Å². The third-order valence-electron chi connectivity index (χ3n) is 5.25. The molecule has 0 aliphatic carbocycles. The smallest absolute Gasteiger partial charge is 0.330 e. The van der Waals surface area contributed by atoms with Gasteiger partial charge in [-0.1, -0.05) is 6.92 Å². The van der Waals surface area contributed by atoms with Crippen molar-refractivity contribution < 1.29 is 18.0 Å². The summed E-state index contributed by atoms with van der Waals surface area (Å²) in [4.78, 5) is 19.0. The highest BCUT2D eigenvalue weighted by atomic mass is 19.4. The first-order valence-corrected chi connectivity index (χ1v) is 9.47. The molecule has 1 atom stereocenters. The molecule has 0 N–H and O–H groups in total. The van der Waals surface area contributed by atoms with E-state index >= 15 is 0 Å². The van der Waals surface area contributed by atoms with E-state index in [2.05, 4.69) is 15.2 Å². The number of fused-ring (bicyclic) bond motifs is 1. The highest BCUT2D eigenvalue weighted by Gasteiger charge is 2.37. The lowest BCUT2D eigenvalue weighted by Gasteiger charge is -2.23. The van der Waals surface area contributed by atoms with E-state index < -0.39 is 17.9 Å². The number of rotatable bonds is 3. The van der Waals surface area contributed by atoms with Gasteiger partial charge in [-0.2, -0.15) is 23.4 Å². The molecule has 10 heteroatoms. The summed E-state index contributed by atoms with van der Waals surface area (Å²) in [5.41, 5.74) is 1.16. The first-order valence-electron chi connectivity index (χ1n) is 9.47. The number of hydrogen-bond acceptors (Lipinski definition) is 4. The zero-order valence-corrected chi connectivity index (χ0v) is 16.4. The lowest BCUT2D eigenvalue weighted by atomic mass is 10.1. The van der Waals surface area contributed by atoms with Gasteiger partial charge >= 0.3 is 6.18 Å². The summed E-state index contributed by atoms with van der Waals surface area (Å²) < 4.78 is 43.0. The molecule has 0 spiro atoms. The Morgan fingerprint density at radius 2 is 2.03 bits per heavy atom. The van der Waals surface area contributed by atoms with Crippen LogP contribution in [-0.4, -0.2) is 41.7 Å². The number of carbonyl (C=O) groups is 1. The van der Waals surface area contributed by atoms with Crippen LogP contribution in [0, 0.1) is 6.92 Å². The third-order valence-corrected chi connectivity index (χ3v) is 5.25. The summed E-state index contributed by atoms with van der Waals surface area (Å²) in [6, 6.07) is 2.19. The highest BCUT2D eigenvalue weighted by molar-refractivity contribution is 5.95. The fourth-order valence-corrected chi connectivity index (χ4v) is 3.87. The molecule has 1 fully saturated rings. The van der Waals surface area contributed by atoms with Gasteiger partial charge in [0.15, 0.2) is 5.65 Å². The Morgan fingerprint density at radius 1 is 1.28 bits per heavy atom. The average Bonchev–Trinajstić information content (AvgIpc) is 3.36. The predicted molar refractivity (Wildman–Crippen MR) is 98.3 cm³/mol. The van der Waals surface area contributed by atoms with Crippen LogP contribution in [0.5, 0.6) is 0 Å². The maximum Gasteiger partial charge on any atom is 0.433 e. The van der Waals surface area contributed by atoms with Gasteiger partial charge in [-0.25, -0.2) is 9.50 Å². The molecule has 29 heavy (non-hydrogen) atoms. The molecule has 154 valence electrons. The normalized spacial score (nSPS) is 17.4. The monoisotopic (exact) mass is 406 g/mol. The minimum atomic E-state index is -4.55. The molecule has 0 saturated carbocycles. The van der Waals surface area contributed by atoms with Crippen LogP contribution in [0.3, 0.4) is 0 Å². The van der Waals surface area contributed by atoms with Crippen LogP contribution in [0.2, 0.25) is 0 Å². The molecule has 3 aromatic rings. The van der Waals surface area contributed by atoms with Gasteiger partial charge < -0.3 is 4.90 Å². The van der Waals surface area contributed by atoms with Crippen molar-refractivity contribution in [2.45, 2.75) is 45.3 Å². The number of halogens is 3. The predicted octanol–water partition coefficient (Wildman–Crippen LogP) is 3.33. The number of alkyl halides is 3. The molecular weight excluding hydrogens is 385 g/mol. The molecule has 3 aromatic heterocycles. The van der Waals surface area contributed by atoms with Crippen LogP contribution in [0.25, 0.3) is 5.65 Å². The molecule has 7 nitrogen and oxygen atoms in total. The number of aryl methyl sites for hydroxylation is 3. The van der Waals surface area contributed by atoms with Gasteiger partial charge in [0, 0.05) is 31.5 Å². The van der Waals surface area contributed by atoms with E-state index in [0.29, 0.717) is 42.0 Å². The van der Waals surface area contributed by atoms with Crippen LogP contribution in [-0.2, 0) is 19.6 Å². The lowest BCUT2D eigenvalue weighted by Crippen LogP contribution is -2.31. The molecule has 0 aromatic carbocycles. The van der Waals surface area contributed by atoms with Crippen molar-refractivity contribution in [3.8, 4) is 0 Å². The van der Waals surface area contributed by atoms with Gasteiger partial charge in [0.2, 0.25) is 0 Å². The van der Waals surface area contributed by atoms with Gasteiger partial charge in [0.25, 0.3) is 5.91 Å². The van der Waals surface area contributed by atoms with Crippen LogP contribution in [0.1, 0.15) is 58.9 Å². The lowest BCUT2D eigenvalue weighted by molar-refractivity contribution is -0.142. The van der Waals surface area contributed by atoms with Crippen molar-refractivity contribution >= 4 is 11.6 Å². The average molecular weight is 406 g/mol. The van der Waals surface area contributed by atoms with E-state index in [1.54, 1.807) is 42.7 Å². The molecule has 4 heterocycles.